The Morgan fingerprint density at radius 2 is 1.59 bits per heavy atom. The maximum Gasteiger partial charge on any atom is 0.101 e. The Kier molecular flexibility index (Phi) is 3.24. The van der Waals surface area contributed by atoms with Crippen LogP contribution in [0.1, 0.15) is 0 Å². The normalized spacial score (nSPS) is 11.0. The van der Waals surface area contributed by atoms with Crippen LogP contribution in [0, 0.1) is 0 Å². The lowest BCUT2D eigenvalue weighted by atomic mass is 10.0. The third kappa shape index (κ3) is 2.22. The van der Waals surface area contributed by atoms with Gasteiger partial charge in [0.15, 0.2) is 0 Å². The summed E-state index contributed by atoms with van der Waals surface area (Å²) in [5.41, 5.74) is 5.40. The first-order valence-electron chi connectivity index (χ1n) is 6.96. The molecule has 0 aliphatic heterocycles. The number of benzene rings is 1. The quantitative estimate of drug-likeness (QED) is 0.519. The summed E-state index contributed by atoms with van der Waals surface area (Å²) < 4.78 is 2.92. The Morgan fingerprint density at radius 3 is 2.36 bits per heavy atom. The first kappa shape index (κ1) is 13.2. The maximum atomic E-state index is 4.79. The first-order valence-corrected chi connectivity index (χ1v) is 7.76. The number of nitrogens with zero attached hydrogens (tertiary/aromatic N) is 3. The van der Waals surface area contributed by atoms with Crippen LogP contribution in [0.4, 0.5) is 0 Å². The third-order valence-corrected chi connectivity index (χ3v) is 4.08. The van der Waals surface area contributed by atoms with Crippen LogP contribution < -0.4 is 0 Å². The lowest BCUT2D eigenvalue weighted by Crippen LogP contribution is -1.86. The number of fused-ring (bicyclic) bond motifs is 1. The average molecular weight is 350 g/mol. The van der Waals surface area contributed by atoms with Gasteiger partial charge in [0.05, 0.1) is 5.52 Å². The molecule has 106 valence electrons. The van der Waals surface area contributed by atoms with Crippen molar-refractivity contribution >= 4 is 21.4 Å². The van der Waals surface area contributed by atoms with Gasteiger partial charge in [-0.1, -0.05) is 30.3 Å². The standard InChI is InChI=1S/C18H12BrN3/c19-15-6-7-16-17(13-8-10-20-11-9-13)18(21-22(16)12-15)14-4-2-1-3-5-14/h1-12H. The van der Waals surface area contributed by atoms with Crippen LogP contribution in [-0.2, 0) is 0 Å². The molecule has 0 unspecified atom stereocenters. The van der Waals surface area contributed by atoms with Gasteiger partial charge in [-0.25, -0.2) is 4.52 Å². The Bertz CT molecular complexity index is 931. The summed E-state index contributed by atoms with van der Waals surface area (Å²) in [5.74, 6) is 0. The van der Waals surface area contributed by atoms with E-state index in [2.05, 4.69) is 39.1 Å². The minimum atomic E-state index is 0.977. The molecule has 0 saturated heterocycles. The second kappa shape index (κ2) is 5.39. The van der Waals surface area contributed by atoms with Gasteiger partial charge >= 0.3 is 0 Å². The van der Waals surface area contributed by atoms with Crippen molar-refractivity contribution < 1.29 is 0 Å². The molecule has 0 saturated carbocycles. The van der Waals surface area contributed by atoms with E-state index in [4.69, 9.17) is 5.10 Å². The van der Waals surface area contributed by atoms with E-state index in [9.17, 15) is 0 Å². The molecule has 0 amide bonds. The van der Waals surface area contributed by atoms with Gasteiger partial charge in [0, 0.05) is 34.2 Å². The molecule has 22 heavy (non-hydrogen) atoms. The lowest BCUT2D eigenvalue weighted by molar-refractivity contribution is 0.961. The fraction of sp³-hybridized carbons (Fsp3) is 0. The van der Waals surface area contributed by atoms with Crippen molar-refractivity contribution in [1.82, 2.24) is 14.6 Å². The summed E-state index contributed by atoms with van der Waals surface area (Å²) in [6.07, 6.45) is 5.60. The highest BCUT2D eigenvalue weighted by atomic mass is 79.9. The molecule has 0 aliphatic carbocycles. The number of halogens is 1. The Hall–Kier alpha value is -2.46. The van der Waals surface area contributed by atoms with E-state index >= 15 is 0 Å². The van der Waals surface area contributed by atoms with Crippen molar-refractivity contribution in [2.75, 3.05) is 0 Å². The summed E-state index contributed by atoms with van der Waals surface area (Å²) in [7, 11) is 0. The van der Waals surface area contributed by atoms with Crippen LogP contribution in [-0.4, -0.2) is 14.6 Å². The van der Waals surface area contributed by atoms with E-state index in [1.54, 1.807) is 0 Å². The van der Waals surface area contributed by atoms with Gasteiger partial charge < -0.3 is 0 Å². The van der Waals surface area contributed by atoms with Gasteiger partial charge in [0.2, 0.25) is 0 Å². The summed E-state index contributed by atoms with van der Waals surface area (Å²) in [5, 5.41) is 4.79. The van der Waals surface area contributed by atoms with Crippen LogP contribution in [0.5, 0.6) is 0 Å². The number of hydrogen-bond acceptors (Lipinski definition) is 2. The lowest BCUT2D eigenvalue weighted by Gasteiger charge is -2.03. The van der Waals surface area contributed by atoms with E-state index in [0.717, 1.165) is 32.4 Å². The van der Waals surface area contributed by atoms with Crippen molar-refractivity contribution in [3.05, 3.63) is 77.7 Å². The monoisotopic (exact) mass is 349 g/mol. The van der Waals surface area contributed by atoms with Gasteiger partial charge in [-0.3, -0.25) is 4.98 Å². The number of aromatic nitrogens is 3. The molecule has 4 rings (SSSR count). The van der Waals surface area contributed by atoms with Crippen molar-refractivity contribution in [1.29, 1.82) is 0 Å². The minimum Gasteiger partial charge on any atom is -0.265 e. The van der Waals surface area contributed by atoms with E-state index in [0.29, 0.717) is 0 Å². The fourth-order valence-corrected chi connectivity index (χ4v) is 2.95. The van der Waals surface area contributed by atoms with Crippen molar-refractivity contribution in [3.8, 4) is 22.4 Å². The van der Waals surface area contributed by atoms with Gasteiger partial charge in [0.25, 0.3) is 0 Å². The summed E-state index contributed by atoms with van der Waals surface area (Å²) in [6, 6.07) is 18.4. The van der Waals surface area contributed by atoms with Crippen molar-refractivity contribution in [3.63, 3.8) is 0 Å². The molecule has 0 aliphatic rings. The molecule has 0 fully saturated rings. The number of rotatable bonds is 2. The zero-order valence-corrected chi connectivity index (χ0v) is 13.2. The average Bonchev–Trinajstić information content (AvgIpc) is 2.95. The smallest absolute Gasteiger partial charge is 0.101 e. The molecule has 0 spiro atoms. The first-order chi connectivity index (χ1) is 10.8. The highest BCUT2D eigenvalue weighted by Gasteiger charge is 2.16. The second-order valence-corrected chi connectivity index (χ2v) is 5.92. The molecule has 0 N–H and O–H groups in total. The number of pyridine rings is 2. The molecule has 0 radical (unpaired) electrons. The Labute approximate surface area is 136 Å². The number of hydrogen-bond donors (Lipinski definition) is 0. The van der Waals surface area contributed by atoms with E-state index < -0.39 is 0 Å². The van der Waals surface area contributed by atoms with Crippen molar-refractivity contribution in [2.24, 2.45) is 0 Å². The largest absolute Gasteiger partial charge is 0.265 e. The summed E-state index contributed by atoms with van der Waals surface area (Å²) >= 11 is 3.51. The molecule has 0 bridgehead atoms. The van der Waals surface area contributed by atoms with E-state index in [-0.39, 0.29) is 0 Å². The highest BCUT2D eigenvalue weighted by molar-refractivity contribution is 9.10. The van der Waals surface area contributed by atoms with Gasteiger partial charge in [-0.2, -0.15) is 5.10 Å². The van der Waals surface area contributed by atoms with Gasteiger partial charge in [0.1, 0.15) is 5.69 Å². The van der Waals surface area contributed by atoms with Crippen LogP contribution >= 0.6 is 15.9 Å². The zero-order chi connectivity index (χ0) is 14.9. The van der Waals surface area contributed by atoms with E-state index in [1.165, 1.54) is 0 Å². The van der Waals surface area contributed by atoms with Crippen LogP contribution in [0.2, 0.25) is 0 Å². The van der Waals surface area contributed by atoms with Crippen LogP contribution in [0.15, 0.2) is 77.7 Å². The Balaban J connectivity index is 2.07. The summed E-state index contributed by atoms with van der Waals surface area (Å²) in [6.45, 7) is 0. The molecule has 3 heterocycles. The maximum absolute atomic E-state index is 4.79. The van der Waals surface area contributed by atoms with Crippen LogP contribution in [0.3, 0.4) is 0 Å². The third-order valence-electron chi connectivity index (χ3n) is 3.61. The predicted molar refractivity (Wildman–Crippen MR) is 91.6 cm³/mol. The Morgan fingerprint density at radius 1 is 0.818 bits per heavy atom. The molecule has 4 aromatic rings. The second-order valence-electron chi connectivity index (χ2n) is 5.00. The molecule has 1 aromatic carbocycles. The zero-order valence-electron chi connectivity index (χ0n) is 11.6. The topological polar surface area (TPSA) is 30.2 Å². The molecule has 3 aromatic heterocycles. The molecular formula is C18H12BrN3. The van der Waals surface area contributed by atoms with Crippen molar-refractivity contribution in [2.45, 2.75) is 0 Å². The molecule has 0 atom stereocenters. The SMILES string of the molecule is Brc1ccc2c(-c3ccncc3)c(-c3ccccc3)nn2c1. The van der Waals surface area contributed by atoms with Gasteiger partial charge in [-0.05, 0) is 45.8 Å². The molecule has 4 heteroatoms. The fourth-order valence-electron chi connectivity index (χ4n) is 2.63. The van der Waals surface area contributed by atoms with Gasteiger partial charge in [-0.15, -0.1) is 0 Å². The molecular weight excluding hydrogens is 338 g/mol. The van der Waals surface area contributed by atoms with E-state index in [1.807, 2.05) is 59.5 Å². The minimum absolute atomic E-state index is 0.977. The molecule has 3 nitrogen and oxygen atoms in total. The highest BCUT2D eigenvalue weighted by Crippen LogP contribution is 2.35. The summed E-state index contributed by atoms with van der Waals surface area (Å²) in [4.78, 5) is 4.12. The predicted octanol–water partition coefficient (Wildman–Crippen LogP) is 4.83. The van der Waals surface area contributed by atoms with Crippen LogP contribution in [0.25, 0.3) is 27.9 Å².